The molecule has 0 unspecified atom stereocenters. The lowest BCUT2D eigenvalue weighted by Gasteiger charge is -1.77. The third-order valence-corrected chi connectivity index (χ3v) is 1.73. The molecule has 2 heteroatoms. The zero-order chi connectivity index (χ0) is 6.41. The topological polar surface area (TPSA) is 9.23 Å². The molecule has 0 spiro atoms. The molecule has 8 heavy (non-hydrogen) atoms. The average molecular weight is 132 g/mol. The van der Waals surface area contributed by atoms with E-state index < -0.39 is 0 Å². The van der Waals surface area contributed by atoms with Crippen LogP contribution in [0, 0.1) is 5.92 Å². The van der Waals surface area contributed by atoms with Gasteiger partial charge in [0.05, 0.1) is 0 Å². The van der Waals surface area contributed by atoms with Crippen molar-refractivity contribution in [1.82, 2.24) is 0 Å². The molecular formula is C6H16OSi. The summed E-state index contributed by atoms with van der Waals surface area (Å²) in [6, 6.07) is 0. The van der Waals surface area contributed by atoms with Crippen LogP contribution in [0.3, 0.4) is 0 Å². The van der Waals surface area contributed by atoms with Gasteiger partial charge in [0.1, 0.15) is 10.5 Å². The van der Waals surface area contributed by atoms with Crippen LogP contribution in [-0.4, -0.2) is 17.1 Å². The average Bonchev–Trinajstić information content (AvgIpc) is 2.52. The number of hydrogen-bond acceptors (Lipinski definition) is 1. The summed E-state index contributed by atoms with van der Waals surface area (Å²) in [7, 11) is 0.890. The van der Waals surface area contributed by atoms with Crippen LogP contribution in [0.15, 0.2) is 0 Å². The van der Waals surface area contributed by atoms with Crippen molar-refractivity contribution in [2.45, 2.75) is 26.7 Å². The summed E-state index contributed by atoms with van der Waals surface area (Å²) < 4.78 is 4.68. The summed E-state index contributed by atoms with van der Waals surface area (Å²) >= 11 is 0. The van der Waals surface area contributed by atoms with Gasteiger partial charge in [-0.05, 0) is 12.8 Å². The van der Waals surface area contributed by atoms with Crippen LogP contribution in [0.4, 0.5) is 0 Å². The van der Waals surface area contributed by atoms with Crippen molar-refractivity contribution in [1.29, 1.82) is 0 Å². The molecular weight excluding hydrogens is 116 g/mol. The Morgan fingerprint density at radius 2 is 1.88 bits per heavy atom. The Morgan fingerprint density at radius 3 is 1.88 bits per heavy atom. The van der Waals surface area contributed by atoms with Gasteiger partial charge in [-0.2, -0.15) is 0 Å². The molecule has 0 bridgehead atoms. The molecule has 0 amide bonds. The predicted molar refractivity (Wildman–Crippen MR) is 40.0 cm³/mol. The van der Waals surface area contributed by atoms with Gasteiger partial charge in [-0.1, -0.05) is 19.8 Å². The second kappa shape index (κ2) is 5.32. The first kappa shape index (κ1) is 8.18. The zero-order valence-corrected chi connectivity index (χ0v) is 8.11. The van der Waals surface area contributed by atoms with E-state index in [4.69, 9.17) is 0 Å². The van der Waals surface area contributed by atoms with E-state index in [1.54, 1.807) is 0 Å². The molecule has 1 fully saturated rings. The SMILES string of the molecule is CC1CC1.CCO[SiH3]. The van der Waals surface area contributed by atoms with Crippen LogP contribution in [-0.2, 0) is 4.43 Å². The summed E-state index contributed by atoms with van der Waals surface area (Å²) in [6.07, 6.45) is 2.97. The van der Waals surface area contributed by atoms with E-state index in [0.717, 1.165) is 23.0 Å². The predicted octanol–water partition coefficient (Wildman–Crippen LogP) is 0.720. The lowest BCUT2D eigenvalue weighted by atomic mass is 10.5. The van der Waals surface area contributed by atoms with Gasteiger partial charge in [0, 0.05) is 6.61 Å². The standard InChI is InChI=1S/C4H8.C2H8OSi/c1-4-2-3-4;1-2-3-4/h4H,2-3H2,1H3;2H2,1,4H3. The highest BCUT2D eigenvalue weighted by Gasteiger charge is 2.12. The lowest BCUT2D eigenvalue weighted by Crippen LogP contribution is -1.76. The smallest absolute Gasteiger partial charge is 0.145 e. The van der Waals surface area contributed by atoms with Crippen LogP contribution in [0.5, 0.6) is 0 Å². The molecule has 0 saturated heterocycles. The lowest BCUT2D eigenvalue weighted by molar-refractivity contribution is 0.375. The van der Waals surface area contributed by atoms with Crippen molar-refractivity contribution in [2.24, 2.45) is 5.92 Å². The van der Waals surface area contributed by atoms with Crippen LogP contribution >= 0.6 is 0 Å². The molecule has 0 aromatic carbocycles. The van der Waals surface area contributed by atoms with Gasteiger partial charge in [0.15, 0.2) is 0 Å². The first-order chi connectivity index (χ1) is 3.81. The summed E-state index contributed by atoms with van der Waals surface area (Å²) in [6.45, 7) is 5.15. The van der Waals surface area contributed by atoms with Gasteiger partial charge in [-0.25, -0.2) is 0 Å². The monoisotopic (exact) mass is 132 g/mol. The van der Waals surface area contributed by atoms with Gasteiger partial charge in [-0.3, -0.25) is 0 Å². The fourth-order valence-corrected chi connectivity index (χ4v) is 0.167. The van der Waals surface area contributed by atoms with E-state index in [1.165, 1.54) is 12.8 Å². The molecule has 0 radical (unpaired) electrons. The number of rotatable bonds is 1. The first-order valence-electron chi connectivity index (χ1n) is 3.30. The van der Waals surface area contributed by atoms with Crippen LogP contribution in [0.25, 0.3) is 0 Å². The van der Waals surface area contributed by atoms with Crippen LogP contribution < -0.4 is 0 Å². The number of hydrogen-bond donors (Lipinski definition) is 0. The fourth-order valence-electron chi connectivity index (χ4n) is 0.167. The maximum atomic E-state index is 4.68. The highest BCUT2D eigenvalue weighted by atomic mass is 28.2. The maximum absolute atomic E-state index is 4.68. The van der Waals surface area contributed by atoms with Crippen molar-refractivity contribution in [2.75, 3.05) is 6.61 Å². The minimum absolute atomic E-state index is 0.881. The van der Waals surface area contributed by atoms with E-state index in [1.807, 2.05) is 6.92 Å². The van der Waals surface area contributed by atoms with Crippen LogP contribution in [0.1, 0.15) is 26.7 Å². The zero-order valence-electron chi connectivity index (χ0n) is 6.11. The molecule has 1 nitrogen and oxygen atoms in total. The minimum Gasteiger partial charge on any atom is -0.428 e. The normalized spacial score (nSPS) is 17.2. The van der Waals surface area contributed by atoms with E-state index in [-0.39, 0.29) is 0 Å². The largest absolute Gasteiger partial charge is 0.428 e. The third kappa shape index (κ3) is 9.49. The summed E-state index contributed by atoms with van der Waals surface area (Å²) in [4.78, 5) is 0. The molecule has 1 aliphatic rings. The highest BCUT2D eigenvalue weighted by Crippen LogP contribution is 2.26. The highest BCUT2D eigenvalue weighted by molar-refractivity contribution is 5.97. The first-order valence-corrected chi connectivity index (χ1v) is 4.11. The van der Waals surface area contributed by atoms with Crippen LogP contribution in [0.2, 0.25) is 0 Å². The summed E-state index contributed by atoms with van der Waals surface area (Å²) in [5, 5.41) is 0. The van der Waals surface area contributed by atoms with Gasteiger partial charge >= 0.3 is 0 Å². The van der Waals surface area contributed by atoms with Crippen molar-refractivity contribution < 1.29 is 4.43 Å². The molecule has 0 aromatic heterocycles. The van der Waals surface area contributed by atoms with E-state index >= 15 is 0 Å². The van der Waals surface area contributed by atoms with Gasteiger partial charge in [-0.15, -0.1) is 0 Å². The molecule has 1 saturated carbocycles. The minimum atomic E-state index is 0.881. The Balaban J connectivity index is 0.000000122. The molecule has 0 aliphatic heterocycles. The Bertz CT molecular complexity index is 41.8. The van der Waals surface area contributed by atoms with Gasteiger partial charge in [0.25, 0.3) is 0 Å². The molecule has 1 aliphatic carbocycles. The summed E-state index contributed by atoms with van der Waals surface area (Å²) in [5.41, 5.74) is 0. The molecule has 0 aromatic rings. The molecule has 0 N–H and O–H groups in total. The van der Waals surface area contributed by atoms with Gasteiger partial charge < -0.3 is 4.43 Å². The molecule has 0 atom stereocenters. The molecule has 0 heterocycles. The molecule has 1 rings (SSSR count). The Hall–Kier alpha value is 0.177. The van der Waals surface area contributed by atoms with Crippen molar-refractivity contribution in [3.05, 3.63) is 0 Å². The van der Waals surface area contributed by atoms with Crippen molar-refractivity contribution in [3.8, 4) is 0 Å². The third-order valence-electron chi connectivity index (χ3n) is 1.15. The van der Waals surface area contributed by atoms with Crippen molar-refractivity contribution in [3.63, 3.8) is 0 Å². The Morgan fingerprint density at radius 1 is 1.62 bits per heavy atom. The fraction of sp³-hybridized carbons (Fsp3) is 1.00. The van der Waals surface area contributed by atoms with E-state index in [0.29, 0.717) is 0 Å². The second-order valence-electron chi connectivity index (χ2n) is 2.26. The summed E-state index contributed by atoms with van der Waals surface area (Å²) in [5.74, 6) is 1.08. The second-order valence-corrected chi connectivity index (χ2v) is 2.84. The van der Waals surface area contributed by atoms with Gasteiger partial charge in [0.2, 0.25) is 0 Å². The Labute approximate surface area is 55.0 Å². The maximum Gasteiger partial charge on any atom is 0.145 e. The van der Waals surface area contributed by atoms with E-state index in [9.17, 15) is 0 Å². The van der Waals surface area contributed by atoms with E-state index in [2.05, 4.69) is 11.3 Å². The quantitative estimate of drug-likeness (QED) is 0.478. The Kier molecular flexibility index (Phi) is 5.43. The van der Waals surface area contributed by atoms with Crippen molar-refractivity contribution >= 4 is 10.5 Å². The molecule has 50 valence electrons.